The molecule has 112 valence electrons. The van der Waals surface area contributed by atoms with E-state index in [4.69, 9.17) is 0 Å². The van der Waals surface area contributed by atoms with Crippen molar-refractivity contribution >= 4 is 39.8 Å². The summed E-state index contributed by atoms with van der Waals surface area (Å²) in [5.41, 5.74) is 2.04. The topological polar surface area (TPSA) is 59.0 Å². The first-order chi connectivity index (χ1) is 9.63. The second-order valence-corrected chi connectivity index (χ2v) is 5.74. The van der Waals surface area contributed by atoms with Crippen LogP contribution in [0.1, 0.15) is 11.5 Å². The predicted octanol–water partition coefficient (Wildman–Crippen LogP) is 2.39. The van der Waals surface area contributed by atoms with Gasteiger partial charge in [0, 0.05) is 37.9 Å². The summed E-state index contributed by atoms with van der Waals surface area (Å²) < 4.78 is 2.12. The Hall–Kier alpha value is -1.37. The van der Waals surface area contributed by atoms with Gasteiger partial charge in [0.05, 0.1) is 0 Å². The lowest BCUT2D eigenvalue weighted by molar-refractivity contribution is 0.448. The lowest BCUT2D eigenvalue weighted by Crippen LogP contribution is -2.39. The van der Waals surface area contributed by atoms with Gasteiger partial charge < -0.3 is 15.2 Å². The van der Waals surface area contributed by atoms with E-state index in [1.165, 1.54) is 10.1 Å². The zero-order valence-corrected chi connectivity index (χ0v) is 13.9. The van der Waals surface area contributed by atoms with Crippen molar-refractivity contribution in [1.82, 2.24) is 14.9 Å². The van der Waals surface area contributed by atoms with E-state index >= 15 is 0 Å². The van der Waals surface area contributed by atoms with Crippen LogP contribution < -0.4 is 16.2 Å². The molecular weight excluding hydrogens is 356 g/mol. The largest absolute Gasteiger partial charge is 0.336 e. The first kappa shape index (κ1) is 16.0. The monoisotopic (exact) mass is 370 g/mol. The fraction of sp³-hybridized carbons (Fsp3) is 0.286. The van der Waals surface area contributed by atoms with Gasteiger partial charge in [-0.2, -0.15) is 0 Å². The number of rotatable bonds is 3. The van der Waals surface area contributed by atoms with Gasteiger partial charge >= 0.3 is 0 Å². The van der Waals surface area contributed by atoms with Gasteiger partial charge in [0.1, 0.15) is 4.60 Å². The molecule has 1 aromatic heterocycles. The number of nitrogens with one attached hydrogen (secondary N) is 2. The van der Waals surface area contributed by atoms with Gasteiger partial charge in [-0.25, -0.2) is 4.98 Å². The van der Waals surface area contributed by atoms with E-state index in [0.717, 1.165) is 18.8 Å². The lowest BCUT2D eigenvalue weighted by atomic mass is 9.94. The van der Waals surface area contributed by atoms with Crippen molar-refractivity contribution in [3.63, 3.8) is 0 Å². The van der Waals surface area contributed by atoms with Gasteiger partial charge in [0.15, 0.2) is 5.82 Å². The summed E-state index contributed by atoms with van der Waals surface area (Å²) in [5, 5.41) is 6.33. The molecule has 1 aromatic carbocycles. The molecule has 3 rings (SSSR count). The van der Waals surface area contributed by atoms with Crippen LogP contribution in [0.5, 0.6) is 0 Å². The molecule has 5 nitrogen and oxygen atoms in total. The Bertz CT molecular complexity index is 682. The molecule has 7 heteroatoms. The van der Waals surface area contributed by atoms with Gasteiger partial charge in [0.25, 0.3) is 5.56 Å². The predicted molar refractivity (Wildman–Crippen MR) is 89.8 cm³/mol. The highest BCUT2D eigenvalue weighted by Gasteiger charge is 2.18. The molecule has 0 aliphatic carbocycles. The van der Waals surface area contributed by atoms with E-state index in [-0.39, 0.29) is 18.0 Å². The fourth-order valence-corrected chi connectivity index (χ4v) is 2.63. The van der Waals surface area contributed by atoms with Crippen LogP contribution in [-0.2, 0) is 7.05 Å². The number of nitrogens with zero attached hydrogens (tertiary/aromatic N) is 2. The summed E-state index contributed by atoms with van der Waals surface area (Å²) in [5.74, 6) is 0.931. The minimum Gasteiger partial charge on any atom is -0.336 e. The number of aryl methyl sites for hydroxylation is 1. The molecule has 1 fully saturated rings. The first-order valence-electron chi connectivity index (χ1n) is 6.44. The number of halogens is 2. The highest BCUT2D eigenvalue weighted by Crippen LogP contribution is 2.22. The minimum atomic E-state index is -0.152. The van der Waals surface area contributed by atoms with Crippen LogP contribution >= 0.6 is 28.3 Å². The molecule has 0 amide bonds. The Morgan fingerprint density at radius 1 is 1.33 bits per heavy atom. The second kappa shape index (κ2) is 6.60. The highest BCUT2D eigenvalue weighted by atomic mass is 79.9. The summed E-state index contributed by atoms with van der Waals surface area (Å²) >= 11 is 3.29. The van der Waals surface area contributed by atoms with Crippen molar-refractivity contribution < 1.29 is 0 Å². The second-order valence-electron chi connectivity index (χ2n) is 4.93. The summed E-state index contributed by atoms with van der Waals surface area (Å²) in [4.78, 5) is 16.1. The Morgan fingerprint density at radius 2 is 2.00 bits per heavy atom. The van der Waals surface area contributed by atoms with Crippen LogP contribution in [0.2, 0.25) is 0 Å². The van der Waals surface area contributed by atoms with Crippen molar-refractivity contribution in [1.29, 1.82) is 0 Å². The molecule has 0 radical (unpaired) electrons. The zero-order chi connectivity index (χ0) is 14.1. The molecule has 21 heavy (non-hydrogen) atoms. The zero-order valence-electron chi connectivity index (χ0n) is 11.5. The molecule has 0 spiro atoms. The third-order valence-corrected chi connectivity index (χ3v) is 3.85. The molecule has 0 saturated carbocycles. The number of aromatic nitrogens is 2. The van der Waals surface area contributed by atoms with E-state index in [1.807, 2.05) is 12.1 Å². The molecule has 2 heterocycles. The van der Waals surface area contributed by atoms with Crippen molar-refractivity contribution in [3.05, 3.63) is 51.0 Å². The molecule has 1 aliphatic rings. The van der Waals surface area contributed by atoms with E-state index in [9.17, 15) is 4.79 Å². The number of benzene rings is 1. The van der Waals surface area contributed by atoms with Crippen LogP contribution in [-0.4, -0.2) is 22.6 Å². The van der Waals surface area contributed by atoms with Gasteiger partial charge in [-0.05, 0) is 33.6 Å². The maximum atomic E-state index is 12.0. The molecule has 0 atom stereocenters. The van der Waals surface area contributed by atoms with E-state index in [0.29, 0.717) is 16.3 Å². The van der Waals surface area contributed by atoms with E-state index in [2.05, 4.69) is 43.7 Å². The van der Waals surface area contributed by atoms with Crippen LogP contribution in [0, 0.1) is 0 Å². The maximum Gasteiger partial charge on any atom is 0.293 e. The smallest absolute Gasteiger partial charge is 0.293 e. The minimum absolute atomic E-state index is 0. The van der Waals surface area contributed by atoms with Crippen LogP contribution in [0.4, 0.5) is 11.5 Å². The fourth-order valence-electron chi connectivity index (χ4n) is 2.15. The van der Waals surface area contributed by atoms with Gasteiger partial charge in [-0.1, -0.05) is 12.1 Å². The Balaban J connectivity index is 0.00000161. The van der Waals surface area contributed by atoms with E-state index in [1.54, 1.807) is 13.2 Å². The molecule has 0 bridgehead atoms. The quantitative estimate of drug-likeness (QED) is 0.870. The van der Waals surface area contributed by atoms with Crippen molar-refractivity contribution in [2.24, 2.45) is 7.05 Å². The normalized spacial score (nSPS) is 14.2. The summed E-state index contributed by atoms with van der Waals surface area (Å²) in [6.07, 6.45) is 1.64. The Morgan fingerprint density at radius 3 is 2.57 bits per heavy atom. The summed E-state index contributed by atoms with van der Waals surface area (Å²) in [6.45, 7) is 2.08. The van der Waals surface area contributed by atoms with Crippen LogP contribution in [0.3, 0.4) is 0 Å². The third-order valence-electron chi connectivity index (χ3n) is 3.47. The van der Waals surface area contributed by atoms with Crippen molar-refractivity contribution in [2.75, 3.05) is 18.4 Å². The molecule has 1 aliphatic heterocycles. The SMILES string of the molecule is Cl.Cn1cc(Br)nc(Nc2ccc(C3CNC3)cc2)c1=O. The molecule has 2 aromatic rings. The molecular formula is C14H16BrClN4O. The highest BCUT2D eigenvalue weighted by molar-refractivity contribution is 9.10. The van der Waals surface area contributed by atoms with Crippen molar-refractivity contribution in [2.45, 2.75) is 5.92 Å². The van der Waals surface area contributed by atoms with Gasteiger partial charge in [0.2, 0.25) is 0 Å². The van der Waals surface area contributed by atoms with Gasteiger partial charge in [-0.3, -0.25) is 4.79 Å². The van der Waals surface area contributed by atoms with Crippen LogP contribution in [0.15, 0.2) is 39.9 Å². The molecule has 2 N–H and O–H groups in total. The standard InChI is InChI=1S/C14H15BrN4O.ClH/c1-19-8-12(15)18-13(14(19)20)17-11-4-2-9(3-5-11)10-6-16-7-10;/h2-5,8,10,16H,6-7H2,1H3,(H,17,18);1H. The van der Waals surface area contributed by atoms with Crippen LogP contribution in [0.25, 0.3) is 0 Å². The lowest BCUT2D eigenvalue weighted by Gasteiger charge is -2.27. The molecule has 1 saturated heterocycles. The average Bonchev–Trinajstić information content (AvgIpc) is 2.35. The van der Waals surface area contributed by atoms with E-state index < -0.39 is 0 Å². The third kappa shape index (κ3) is 3.45. The first-order valence-corrected chi connectivity index (χ1v) is 7.23. The molecule has 0 unspecified atom stereocenters. The summed E-state index contributed by atoms with van der Waals surface area (Å²) in [7, 11) is 1.70. The number of hydrogen-bond acceptors (Lipinski definition) is 4. The Labute approximate surface area is 137 Å². The van der Waals surface area contributed by atoms with Crippen molar-refractivity contribution in [3.8, 4) is 0 Å². The average molecular weight is 372 g/mol. The summed E-state index contributed by atoms with van der Waals surface area (Å²) in [6, 6.07) is 8.15. The Kier molecular flexibility index (Phi) is 5.03. The maximum absolute atomic E-state index is 12.0. The number of anilines is 2. The van der Waals surface area contributed by atoms with Gasteiger partial charge in [-0.15, -0.1) is 12.4 Å². The number of hydrogen-bond donors (Lipinski definition) is 2.